The van der Waals surface area contributed by atoms with Gasteiger partial charge in [0.15, 0.2) is 0 Å². The zero-order chi connectivity index (χ0) is 9.97. The van der Waals surface area contributed by atoms with Crippen molar-refractivity contribution in [2.75, 3.05) is 0 Å². The summed E-state index contributed by atoms with van der Waals surface area (Å²) in [6, 6.07) is 10.0. The van der Waals surface area contributed by atoms with Gasteiger partial charge in [0.25, 0.3) is 0 Å². The fraction of sp³-hybridized carbons (Fsp3) is 0.364. The van der Waals surface area contributed by atoms with Crippen LogP contribution < -0.4 is 5.32 Å². The third-order valence-corrected chi connectivity index (χ3v) is 2.53. The summed E-state index contributed by atoms with van der Waals surface area (Å²) in [6.07, 6.45) is 2.36. The summed E-state index contributed by atoms with van der Waals surface area (Å²) < 4.78 is 0. The van der Waals surface area contributed by atoms with E-state index in [1.165, 1.54) is 12.8 Å². The van der Waals surface area contributed by atoms with Crippen LogP contribution in [0.5, 0.6) is 0 Å². The van der Waals surface area contributed by atoms with E-state index in [0.29, 0.717) is 11.1 Å². The van der Waals surface area contributed by atoms with Crippen molar-refractivity contribution in [3.8, 4) is 6.07 Å². The molecule has 2 rings (SSSR count). The van der Waals surface area contributed by atoms with Gasteiger partial charge in [-0.05, 0) is 30.5 Å². The maximum absolute atomic E-state index is 8.99. The van der Waals surface area contributed by atoms with E-state index in [1.54, 1.807) is 0 Å². The SMILES string of the molecule is N#CC(NC1CC1)c1cccc(Cl)c1. The number of benzene rings is 1. The Morgan fingerprint density at radius 2 is 2.29 bits per heavy atom. The number of hydrogen-bond acceptors (Lipinski definition) is 2. The minimum absolute atomic E-state index is 0.221. The van der Waals surface area contributed by atoms with E-state index in [-0.39, 0.29) is 6.04 Å². The summed E-state index contributed by atoms with van der Waals surface area (Å²) in [6.45, 7) is 0. The van der Waals surface area contributed by atoms with Crippen LogP contribution in [-0.2, 0) is 0 Å². The number of nitrogens with one attached hydrogen (secondary N) is 1. The van der Waals surface area contributed by atoms with E-state index in [1.807, 2.05) is 24.3 Å². The summed E-state index contributed by atoms with van der Waals surface area (Å²) >= 11 is 5.86. The molecule has 0 aromatic heterocycles. The molecular formula is C11H11ClN2. The molecule has 0 spiro atoms. The number of rotatable bonds is 3. The van der Waals surface area contributed by atoms with Gasteiger partial charge in [-0.15, -0.1) is 0 Å². The highest BCUT2D eigenvalue weighted by Gasteiger charge is 2.25. The first-order valence-electron chi connectivity index (χ1n) is 4.71. The molecule has 0 bridgehead atoms. The van der Waals surface area contributed by atoms with Crippen LogP contribution >= 0.6 is 11.6 Å². The predicted octanol–water partition coefficient (Wildman–Crippen LogP) is 2.66. The Hall–Kier alpha value is -1.04. The third-order valence-electron chi connectivity index (χ3n) is 2.29. The van der Waals surface area contributed by atoms with Crippen molar-refractivity contribution in [2.45, 2.75) is 24.9 Å². The molecule has 2 nitrogen and oxygen atoms in total. The van der Waals surface area contributed by atoms with E-state index in [0.717, 1.165) is 5.56 Å². The standard InChI is InChI=1S/C11H11ClN2/c12-9-3-1-2-8(6-9)11(7-13)14-10-4-5-10/h1-3,6,10-11,14H,4-5H2. The number of halogens is 1. The van der Waals surface area contributed by atoms with Gasteiger partial charge in [0, 0.05) is 11.1 Å². The average molecular weight is 207 g/mol. The van der Waals surface area contributed by atoms with Gasteiger partial charge < -0.3 is 0 Å². The topological polar surface area (TPSA) is 35.8 Å². The van der Waals surface area contributed by atoms with Crippen molar-refractivity contribution in [3.63, 3.8) is 0 Å². The van der Waals surface area contributed by atoms with Gasteiger partial charge in [-0.1, -0.05) is 23.7 Å². The second kappa shape index (κ2) is 4.00. The van der Waals surface area contributed by atoms with E-state index < -0.39 is 0 Å². The molecule has 1 fully saturated rings. The molecule has 0 aliphatic heterocycles. The van der Waals surface area contributed by atoms with Crippen LogP contribution in [-0.4, -0.2) is 6.04 Å². The minimum Gasteiger partial charge on any atom is -0.295 e. The van der Waals surface area contributed by atoms with E-state index in [2.05, 4.69) is 11.4 Å². The molecule has 14 heavy (non-hydrogen) atoms. The van der Waals surface area contributed by atoms with Gasteiger partial charge in [-0.2, -0.15) is 5.26 Å². The monoisotopic (exact) mass is 206 g/mol. The van der Waals surface area contributed by atoms with Crippen LogP contribution in [0.15, 0.2) is 24.3 Å². The number of nitriles is 1. The zero-order valence-electron chi connectivity index (χ0n) is 7.70. The fourth-order valence-electron chi connectivity index (χ4n) is 1.38. The van der Waals surface area contributed by atoms with Gasteiger partial charge in [-0.25, -0.2) is 0 Å². The lowest BCUT2D eigenvalue weighted by Gasteiger charge is -2.10. The summed E-state index contributed by atoms with van der Waals surface area (Å²) in [5.41, 5.74) is 0.951. The summed E-state index contributed by atoms with van der Waals surface area (Å²) in [4.78, 5) is 0. The Morgan fingerprint density at radius 1 is 1.50 bits per heavy atom. The molecule has 1 aromatic rings. The molecule has 1 aliphatic rings. The number of hydrogen-bond donors (Lipinski definition) is 1. The van der Waals surface area contributed by atoms with Crippen molar-refractivity contribution < 1.29 is 0 Å². The molecule has 1 N–H and O–H groups in total. The lowest BCUT2D eigenvalue weighted by molar-refractivity contribution is 0.626. The molecule has 1 aliphatic carbocycles. The Labute approximate surface area is 88.5 Å². The second-order valence-electron chi connectivity index (χ2n) is 3.56. The fourth-order valence-corrected chi connectivity index (χ4v) is 1.58. The van der Waals surface area contributed by atoms with Crippen LogP contribution in [0.2, 0.25) is 5.02 Å². The minimum atomic E-state index is -0.221. The van der Waals surface area contributed by atoms with Gasteiger partial charge in [-0.3, -0.25) is 5.32 Å². The summed E-state index contributed by atoms with van der Waals surface area (Å²) in [7, 11) is 0. The predicted molar refractivity (Wildman–Crippen MR) is 56.0 cm³/mol. The van der Waals surface area contributed by atoms with Crippen molar-refractivity contribution >= 4 is 11.6 Å². The molecule has 1 saturated carbocycles. The second-order valence-corrected chi connectivity index (χ2v) is 3.99. The molecule has 1 unspecified atom stereocenters. The maximum Gasteiger partial charge on any atom is 0.121 e. The van der Waals surface area contributed by atoms with Crippen molar-refractivity contribution in [1.82, 2.24) is 5.32 Å². The smallest absolute Gasteiger partial charge is 0.121 e. The molecule has 0 radical (unpaired) electrons. The van der Waals surface area contributed by atoms with E-state index in [4.69, 9.17) is 16.9 Å². The molecule has 0 heterocycles. The first-order chi connectivity index (χ1) is 6.79. The van der Waals surface area contributed by atoms with Crippen LogP contribution in [0.4, 0.5) is 0 Å². The average Bonchev–Trinajstić information content (AvgIpc) is 2.98. The van der Waals surface area contributed by atoms with Crippen LogP contribution in [0.1, 0.15) is 24.4 Å². The highest BCUT2D eigenvalue weighted by atomic mass is 35.5. The van der Waals surface area contributed by atoms with E-state index >= 15 is 0 Å². The Kier molecular flexibility index (Phi) is 2.72. The molecular weight excluding hydrogens is 196 g/mol. The zero-order valence-corrected chi connectivity index (χ0v) is 8.46. The Morgan fingerprint density at radius 3 is 2.86 bits per heavy atom. The van der Waals surface area contributed by atoms with Crippen LogP contribution in [0.25, 0.3) is 0 Å². The molecule has 1 atom stereocenters. The molecule has 0 amide bonds. The first kappa shape index (κ1) is 9.51. The largest absolute Gasteiger partial charge is 0.295 e. The van der Waals surface area contributed by atoms with Crippen molar-refractivity contribution in [1.29, 1.82) is 5.26 Å². The van der Waals surface area contributed by atoms with Gasteiger partial charge in [0.05, 0.1) is 6.07 Å². The highest BCUT2D eigenvalue weighted by Crippen LogP contribution is 2.24. The summed E-state index contributed by atoms with van der Waals surface area (Å²) in [5.74, 6) is 0. The van der Waals surface area contributed by atoms with Crippen molar-refractivity contribution in [2.24, 2.45) is 0 Å². The van der Waals surface area contributed by atoms with Crippen LogP contribution in [0, 0.1) is 11.3 Å². The van der Waals surface area contributed by atoms with Crippen LogP contribution in [0.3, 0.4) is 0 Å². The molecule has 3 heteroatoms. The Bertz CT molecular complexity index is 366. The molecule has 1 aromatic carbocycles. The molecule has 72 valence electrons. The normalized spacial score (nSPS) is 17.4. The third kappa shape index (κ3) is 2.25. The van der Waals surface area contributed by atoms with E-state index in [9.17, 15) is 0 Å². The summed E-state index contributed by atoms with van der Waals surface area (Å²) in [5, 5.41) is 12.9. The van der Waals surface area contributed by atoms with Gasteiger partial charge >= 0.3 is 0 Å². The maximum atomic E-state index is 8.99. The van der Waals surface area contributed by atoms with Crippen molar-refractivity contribution in [3.05, 3.63) is 34.9 Å². The number of nitrogens with zero attached hydrogens (tertiary/aromatic N) is 1. The molecule has 0 saturated heterocycles. The van der Waals surface area contributed by atoms with Gasteiger partial charge in [0.1, 0.15) is 6.04 Å². The lowest BCUT2D eigenvalue weighted by atomic mass is 10.1. The first-order valence-corrected chi connectivity index (χ1v) is 5.08. The Balaban J connectivity index is 2.14. The quantitative estimate of drug-likeness (QED) is 0.826. The highest BCUT2D eigenvalue weighted by molar-refractivity contribution is 6.30. The van der Waals surface area contributed by atoms with Gasteiger partial charge in [0.2, 0.25) is 0 Å². The lowest BCUT2D eigenvalue weighted by Crippen LogP contribution is -2.21.